The van der Waals surface area contributed by atoms with Crippen molar-refractivity contribution in [1.82, 2.24) is 0 Å². The first kappa shape index (κ1) is 21.3. The fourth-order valence-electron chi connectivity index (χ4n) is 3.04. The molecule has 0 heterocycles. The highest BCUT2D eigenvalue weighted by Gasteiger charge is 2.05. The number of carboxylic acids is 1. The molecule has 0 atom stereocenters. The average molecular weight is 350 g/mol. The molecule has 0 radical (unpaired) electrons. The molecule has 0 aliphatic heterocycles. The number of carbonyl (C=O) groups is 1. The maximum Gasteiger partial charge on any atom is 0.322 e. The lowest BCUT2D eigenvalue weighted by Crippen LogP contribution is -2.12. The number of ether oxygens (including phenoxy) is 1. The Bertz CT molecular complexity index is 488. The summed E-state index contributed by atoms with van der Waals surface area (Å²) in [6, 6.07) is 5.85. The summed E-state index contributed by atoms with van der Waals surface area (Å²) in [4.78, 5) is 10.6. The van der Waals surface area contributed by atoms with Gasteiger partial charge >= 0.3 is 5.97 Å². The molecule has 1 rings (SSSR count). The molecule has 142 valence electrons. The summed E-state index contributed by atoms with van der Waals surface area (Å²) in [5, 5.41) is 11.6. The number of hydrogen-bond acceptors (Lipinski definition) is 3. The standard InChI is InChI=1S/C21H35NO3/c1-3-4-5-6-7-8-9-10-11-12-13-18-14-15-19(16-20(18)25-2)22-17-21(23)24/h14-16,22H,3-13,17H2,1-2H3,(H,23,24). The third-order valence-corrected chi connectivity index (χ3v) is 4.53. The molecule has 0 aliphatic carbocycles. The summed E-state index contributed by atoms with van der Waals surface area (Å²) in [6.07, 6.45) is 14.4. The number of benzene rings is 1. The molecular weight excluding hydrogens is 314 g/mol. The molecule has 0 saturated carbocycles. The van der Waals surface area contributed by atoms with Gasteiger partial charge in [0.1, 0.15) is 12.3 Å². The van der Waals surface area contributed by atoms with Crippen LogP contribution < -0.4 is 10.1 Å². The number of carboxylic acid groups (broad SMARTS) is 1. The molecule has 0 amide bonds. The smallest absolute Gasteiger partial charge is 0.322 e. The van der Waals surface area contributed by atoms with E-state index in [0.717, 1.165) is 17.9 Å². The molecule has 0 bridgehead atoms. The second-order valence-corrected chi connectivity index (χ2v) is 6.71. The minimum atomic E-state index is -0.867. The molecule has 0 spiro atoms. The van der Waals surface area contributed by atoms with Gasteiger partial charge in [-0.05, 0) is 24.5 Å². The third-order valence-electron chi connectivity index (χ3n) is 4.53. The molecule has 1 aromatic carbocycles. The van der Waals surface area contributed by atoms with Gasteiger partial charge in [-0.15, -0.1) is 0 Å². The van der Waals surface area contributed by atoms with E-state index < -0.39 is 5.97 Å². The van der Waals surface area contributed by atoms with E-state index in [1.807, 2.05) is 18.2 Å². The molecular formula is C21H35NO3. The molecule has 0 aromatic heterocycles. The van der Waals surface area contributed by atoms with Crippen molar-refractivity contribution in [3.8, 4) is 5.75 Å². The normalized spacial score (nSPS) is 10.6. The first-order valence-electron chi connectivity index (χ1n) is 9.80. The summed E-state index contributed by atoms with van der Waals surface area (Å²) in [5.41, 5.74) is 1.98. The van der Waals surface area contributed by atoms with Crippen LogP contribution in [0.4, 0.5) is 5.69 Å². The van der Waals surface area contributed by atoms with Gasteiger partial charge in [-0.2, -0.15) is 0 Å². The summed E-state index contributed by atoms with van der Waals surface area (Å²) in [7, 11) is 1.67. The van der Waals surface area contributed by atoms with Crippen molar-refractivity contribution in [1.29, 1.82) is 0 Å². The van der Waals surface area contributed by atoms with Crippen LogP contribution in [0.1, 0.15) is 76.7 Å². The van der Waals surface area contributed by atoms with Crippen molar-refractivity contribution in [3.63, 3.8) is 0 Å². The van der Waals surface area contributed by atoms with E-state index in [1.54, 1.807) is 7.11 Å². The Morgan fingerprint density at radius 2 is 1.60 bits per heavy atom. The number of anilines is 1. The quantitative estimate of drug-likeness (QED) is 0.401. The number of aliphatic carboxylic acids is 1. The van der Waals surface area contributed by atoms with Crippen molar-refractivity contribution in [2.75, 3.05) is 19.0 Å². The van der Waals surface area contributed by atoms with E-state index in [1.165, 1.54) is 69.8 Å². The number of hydrogen-bond donors (Lipinski definition) is 2. The predicted molar refractivity (Wildman–Crippen MR) is 105 cm³/mol. The zero-order chi connectivity index (χ0) is 18.3. The molecule has 25 heavy (non-hydrogen) atoms. The second kappa shape index (κ2) is 13.6. The molecule has 0 aliphatic rings. The van der Waals surface area contributed by atoms with E-state index in [2.05, 4.69) is 12.2 Å². The summed E-state index contributed by atoms with van der Waals surface area (Å²) < 4.78 is 5.45. The monoisotopic (exact) mass is 349 g/mol. The molecule has 0 fully saturated rings. The Hall–Kier alpha value is -1.71. The van der Waals surface area contributed by atoms with Gasteiger partial charge in [0.25, 0.3) is 0 Å². The lowest BCUT2D eigenvalue weighted by atomic mass is 10.0. The fraction of sp³-hybridized carbons (Fsp3) is 0.667. The van der Waals surface area contributed by atoms with E-state index in [4.69, 9.17) is 9.84 Å². The number of rotatable bonds is 15. The zero-order valence-electron chi connectivity index (χ0n) is 16.0. The van der Waals surface area contributed by atoms with Crippen LogP contribution in [0, 0.1) is 0 Å². The van der Waals surface area contributed by atoms with E-state index in [-0.39, 0.29) is 6.54 Å². The van der Waals surface area contributed by atoms with E-state index in [9.17, 15) is 4.79 Å². The van der Waals surface area contributed by atoms with Crippen molar-refractivity contribution in [2.24, 2.45) is 0 Å². The van der Waals surface area contributed by atoms with Crippen LogP contribution in [0.3, 0.4) is 0 Å². The van der Waals surface area contributed by atoms with Crippen LogP contribution in [-0.4, -0.2) is 24.7 Å². The number of aryl methyl sites for hydroxylation is 1. The van der Waals surface area contributed by atoms with Crippen molar-refractivity contribution < 1.29 is 14.6 Å². The summed E-state index contributed by atoms with van der Waals surface area (Å²) in [6.45, 7) is 2.18. The Morgan fingerprint density at radius 1 is 1.00 bits per heavy atom. The van der Waals surface area contributed by atoms with Gasteiger partial charge in [0.05, 0.1) is 7.11 Å². The number of unbranched alkanes of at least 4 members (excludes halogenated alkanes) is 9. The predicted octanol–water partition coefficient (Wildman–Crippen LogP) is 5.66. The van der Waals surface area contributed by atoms with Crippen LogP contribution in [-0.2, 0) is 11.2 Å². The fourth-order valence-corrected chi connectivity index (χ4v) is 3.04. The van der Waals surface area contributed by atoms with Gasteiger partial charge in [0.2, 0.25) is 0 Å². The number of methoxy groups -OCH3 is 1. The second-order valence-electron chi connectivity index (χ2n) is 6.71. The van der Waals surface area contributed by atoms with Crippen molar-refractivity contribution in [2.45, 2.75) is 77.6 Å². The topological polar surface area (TPSA) is 58.6 Å². The molecule has 0 saturated heterocycles. The van der Waals surface area contributed by atoms with Crippen molar-refractivity contribution >= 4 is 11.7 Å². The SMILES string of the molecule is CCCCCCCCCCCCc1ccc(NCC(=O)O)cc1OC. The minimum absolute atomic E-state index is 0.0824. The molecule has 4 nitrogen and oxygen atoms in total. The van der Waals surface area contributed by atoms with Crippen LogP contribution in [0.25, 0.3) is 0 Å². The molecule has 0 unspecified atom stereocenters. The van der Waals surface area contributed by atoms with Gasteiger partial charge in [-0.25, -0.2) is 0 Å². The molecule has 4 heteroatoms. The first-order valence-corrected chi connectivity index (χ1v) is 9.80. The van der Waals surface area contributed by atoms with Crippen LogP contribution in [0.2, 0.25) is 0 Å². The Kier molecular flexibility index (Phi) is 11.6. The first-order chi connectivity index (χ1) is 12.2. The lowest BCUT2D eigenvalue weighted by molar-refractivity contribution is -0.134. The minimum Gasteiger partial charge on any atom is -0.496 e. The Labute approximate surface area is 153 Å². The van der Waals surface area contributed by atoms with E-state index >= 15 is 0 Å². The van der Waals surface area contributed by atoms with Gasteiger partial charge in [0.15, 0.2) is 0 Å². The van der Waals surface area contributed by atoms with Crippen molar-refractivity contribution in [3.05, 3.63) is 23.8 Å². The Morgan fingerprint density at radius 3 is 2.16 bits per heavy atom. The van der Waals surface area contributed by atoms with E-state index in [0.29, 0.717) is 0 Å². The van der Waals surface area contributed by atoms with Gasteiger partial charge in [-0.3, -0.25) is 4.79 Å². The lowest BCUT2D eigenvalue weighted by Gasteiger charge is -2.11. The largest absolute Gasteiger partial charge is 0.496 e. The highest BCUT2D eigenvalue weighted by molar-refractivity contribution is 5.73. The highest BCUT2D eigenvalue weighted by Crippen LogP contribution is 2.25. The molecule has 1 aromatic rings. The van der Waals surface area contributed by atoms with Crippen LogP contribution in [0.5, 0.6) is 5.75 Å². The average Bonchev–Trinajstić information content (AvgIpc) is 2.62. The van der Waals surface area contributed by atoms with Crippen LogP contribution >= 0.6 is 0 Å². The highest BCUT2D eigenvalue weighted by atomic mass is 16.5. The van der Waals surface area contributed by atoms with Gasteiger partial charge in [0, 0.05) is 11.8 Å². The maximum absolute atomic E-state index is 10.6. The maximum atomic E-state index is 10.6. The summed E-state index contributed by atoms with van der Waals surface area (Å²) >= 11 is 0. The zero-order valence-corrected chi connectivity index (χ0v) is 16.0. The Balaban J connectivity index is 2.20. The number of nitrogens with one attached hydrogen (secondary N) is 1. The van der Waals surface area contributed by atoms with Gasteiger partial charge < -0.3 is 15.2 Å². The van der Waals surface area contributed by atoms with Gasteiger partial charge in [-0.1, -0.05) is 70.8 Å². The molecule has 2 N–H and O–H groups in total. The summed E-state index contributed by atoms with van der Waals surface area (Å²) in [5.74, 6) is -0.0280. The third kappa shape index (κ3) is 10.0. The van der Waals surface area contributed by atoms with Crippen LogP contribution in [0.15, 0.2) is 18.2 Å².